The van der Waals surface area contributed by atoms with Crippen LogP contribution in [0.2, 0.25) is 0 Å². The second-order valence-corrected chi connectivity index (χ2v) is 4.68. The quantitative estimate of drug-likeness (QED) is 0.842. The van der Waals surface area contributed by atoms with Gasteiger partial charge in [0.05, 0.1) is 14.2 Å². The molecule has 0 saturated carbocycles. The number of methoxy groups -OCH3 is 2. The topological polar surface area (TPSA) is 64.6 Å². The molecule has 2 aromatic rings. The molecule has 0 unspecified atom stereocenters. The zero-order valence-corrected chi connectivity index (χ0v) is 12.8. The molecule has 0 bridgehead atoms. The van der Waals surface area contributed by atoms with Crippen LogP contribution in [0.3, 0.4) is 0 Å². The van der Waals surface area contributed by atoms with Gasteiger partial charge in [-0.3, -0.25) is 4.79 Å². The van der Waals surface area contributed by atoms with Crippen LogP contribution in [0.1, 0.15) is 15.9 Å². The van der Waals surface area contributed by atoms with Crippen molar-refractivity contribution >= 4 is 5.91 Å². The molecule has 8 heteroatoms. The monoisotopic (exact) mass is 323 g/mol. The number of hydrogen-bond donors (Lipinski definition) is 0. The molecule has 0 aliphatic rings. The van der Waals surface area contributed by atoms with Gasteiger partial charge < -0.3 is 14.4 Å². The lowest BCUT2D eigenvalue weighted by Gasteiger charge is -2.19. The number of aromatic nitrogens is 2. The first-order valence-electron chi connectivity index (χ1n) is 6.60. The summed E-state index contributed by atoms with van der Waals surface area (Å²) in [5.74, 6) is -2.24. The highest BCUT2D eigenvalue weighted by molar-refractivity contribution is 5.98. The molecule has 1 aromatic carbocycles. The van der Waals surface area contributed by atoms with Gasteiger partial charge in [-0.1, -0.05) is 6.07 Å². The molecular formula is C15H15F2N3O3. The second-order valence-electron chi connectivity index (χ2n) is 4.68. The van der Waals surface area contributed by atoms with Gasteiger partial charge in [-0.25, -0.2) is 18.7 Å². The normalized spacial score (nSPS) is 10.3. The maximum atomic E-state index is 13.3. The van der Waals surface area contributed by atoms with Crippen molar-refractivity contribution in [1.29, 1.82) is 0 Å². The Labute approximate surface area is 131 Å². The van der Waals surface area contributed by atoms with E-state index in [-0.39, 0.29) is 23.9 Å². The van der Waals surface area contributed by atoms with E-state index >= 15 is 0 Å². The molecule has 0 radical (unpaired) electrons. The van der Waals surface area contributed by atoms with Crippen molar-refractivity contribution in [3.05, 3.63) is 47.3 Å². The van der Waals surface area contributed by atoms with Gasteiger partial charge in [0.15, 0.2) is 17.2 Å². The van der Waals surface area contributed by atoms with Crippen LogP contribution in [0.4, 0.5) is 8.78 Å². The van der Waals surface area contributed by atoms with Crippen molar-refractivity contribution in [2.45, 2.75) is 6.54 Å². The number of nitrogens with zero attached hydrogens (tertiary/aromatic N) is 3. The molecular weight excluding hydrogens is 308 g/mol. The first kappa shape index (κ1) is 16.6. The summed E-state index contributed by atoms with van der Waals surface area (Å²) >= 11 is 0. The zero-order chi connectivity index (χ0) is 17.0. The van der Waals surface area contributed by atoms with Gasteiger partial charge >= 0.3 is 0 Å². The van der Waals surface area contributed by atoms with Crippen LogP contribution < -0.4 is 9.47 Å². The molecule has 23 heavy (non-hydrogen) atoms. The van der Waals surface area contributed by atoms with E-state index in [1.165, 1.54) is 38.6 Å². The van der Waals surface area contributed by atoms with Gasteiger partial charge in [0.2, 0.25) is 11.8 Å². The standard InChI is InChI=1S/C15H15F2N3O3/c1-20(7-9-4-5-10(16)11(17)6-9)15(21)12-13(22-2)18-8-19-14(12)23-3/h4-6,8H,7H2,1-3H3. The summed E-state index contributed by atoms with van der Waals surface area (Å²) < 4.78 is 36.3. The summed E-state index contributed by atoms with van der Waals surface area (Å²) in [6.07, 6.45) is 1.21. The minimum absolute atomic E-state index is 0.0579. The summed E-state index contributed by atoms with van der Waals surface area (Å²) in [5, 5.41) is 0. The molecule has 0 N–H and O–H groups in total. The molecule has 1 amide bonds. The summed E-state index contributed by atoms with van der Waals surface area (Å²) in [6, 6.07) is 3.45. The Hall–Kier alpha value is -2.77. The van der Waals surface area contributed by atoms with Gasteiger partial charge in [-0.2, -0.15) is 0 Å². The molecule has 0 saturated heterocycles. The third kappa shape index (κ3) is 3.53. The summed E-state index contributed by atoms with van der Waals surface area (Å²) in [6.45, 7) is 0.0667. The van der Waals surface area contributed by atoms with E-state index in [1.54, 1.807) is 0 Å². The number of carbonyl (C=O) groups is 1. The van der Waals surface area contributed by atoms with Crippen molar-refractivity contribution in [2.75, 3.05) is 21.3 Å². The van der Waals surface area contributed by atoms with Gasteiger partial charge in [-0.05, 0) is 17.7 Å². The Balaban J connectivity index is 2.27. The third-order valence-electron chi connectivity index (χ3n) is 3.13. The lowest BCUT2D eigenvalue weighted by molar-refractivity contribution is 0.0776. The fraction of sp³-hybridized carbons (Fsp3) is 0.267. The van der Waals surface area contributed by atoms with E-state index in [2.05, 4.69) is 9.97 Å². The van der Waals surface area contributed by atoms with E-state index in [0.717, 1.165) is 12.1 Å². The zero-order valence-electron chi connectivity index (χ0n) is 12.8. The van der Waals surface area contributed by atoms with Gasteiger partial charge in [-0.15, -0.1) is 0 Å². The van der Waals surface area contributed by atoms with Crippen LogP contribution in [-0.2, 0) is 6.54 Å². The minimum atomic E-state index is -0.971. The molecule has 0 aliphatic heterocycles. The average molecular weight is 323 g/mol. The third-order valence-corrected chi connectivity index (χ3v) is 3.13. The predicted molar refractivity (Wildman–Crippen MR) is 77.3 cm³/mol. The predicted octanol–water partition coefficient (Wildman–Crippen LogP) is 2.04. The van der Waals surface area contributed by atoms with Crippen molar-refractivity contribution in [3.63, 3.8) is 0 Å². The summed E-state index contributed by atoms with van der Waals surface area (Å²) in [4.78, 5) is 21.6. The van der Waals surface area contributed by atoms with Gasteiger partial charge in [0.1, 0.15) is 6.33 Å². The molecule has 0 aliphatic carbocycles. The minimum Gasteiger partial charge on any atom is -0.480 e. The Morgan fingerprint density at radius 3 is 2.26 bits per heavy atom. The molecule has 2 rings (SSSR count). The molecule has 122 valence electrons. The van der Waals surface area contributed by atoms with Crippen LogP contribution in [0, 0.1) is 11.6 Å². The first-order valence-corrected chi connectivity index (χ1v) is 6.60. The molecule has 0 fully saturated rings. The molecule has 0 atom stereocenters. The van der Waals surface area contributed by atoms with Crippen LogP contribution in [0.5, 0.6) is 11.8 Å². The van der Waals surface area contributed by atoms with Crippen LogP contribution in [0.25, 0.3) is 0 Å². The van der Waals surface area contributed by atoms with Crippen molar-refractivity contribution < 1.29 is 23.0 Å². The maximum absolute atomic E-state index is 13.3. The largest absolute Gasteiger partial charge is 0.480 e. The van der Waals surface area contributed by atoms with E-state index < -0.39 is 17.5 Å². The number of halogens is 2. The highest BCUT2D eigenvalue weighted by Crippen LogP contribution is 2.25. The number of benzene rings is 1. The highest BCUT2D eigenvalue weighted by atomic mass is 19.2. The summed E-state index contributed by atoms with van der Waals surface area (Å²) in [5.41, 5.74) is 0.497. The van der Waals surface area contributed by atoms with Crippen LogP contribution in [-0.4, -0.2) is 42.0 Å². The Kier molecular flexibility index (Phi) is 5.05. The molecule has 6 nitrogen and oxygen atoms in total. The number of amides is 1. The Morgan fingerprint density at radius 2 is 1.74 bits per heavy atom. The lowest BCUT2D eigenvalue weighted by atomic mass is 10.2. The van der Waals surface area contributed by atoms with E-state index in [9.17, 15) is 13.6 Å². The van der Waals surface area contributed by atoms with Crippen molar-refractivity contribution in [1.82, 2.24) is 14.9 Å². The lowest BCUT2D eigenvalue weighted by Crippen LogP contribution is -2.27. The fourth-order valence-electron chi connectivity index (χ4n) is 2.02. The van der Waals surface area contributed by atoms with Crippen molar-refractivity contribution in [2.24, 2.45) is 0 Å². The van der Waals surface area contributed by atoms with E-state index in [0.29, 0.717) is 5.56 Å². The SMILES string of the molecule is COc1ncnc(OC)c1C(=O)N(C)Cc1ccc(F)c(F)c1. The molecule has 1 aromatic heterocycles. The Morgan fingerprint density at radius 1 is 1.13 bits per heavy atom. The smallest absolute Gasteiger partial charge is 0.264 e. The van der Waals surface area contributed by atoms with Gasteiger partial charge in [0.25, 0.3) is 5.91 Å². The van der Waals surface area contributed by atoms with E-state index in [4.69, 9.17) is 9.47 Å². The number of ether oxygens (including phenoxy) is 2. The number of rotatable bonds is 5. The number of carbonyl (C=O) groups excluding carboxylic acids is 1. The van der Waals surface area contributed by atoms with Crippen LogP contribution >= 0.6 is 0 Å². The molecule has 1 heterocycles. The average Bonchev–Trinajstić information content (AvgIpc) is 2.56. The highest BCUT2D eigenvalue weighted by Gasteiger charge is 2.24. The van der Waals surface area contributed by atoms with E-state index in [1.807, 2.05) is 0 Å². The first-order chi connectivity index (χ1) is 11.0. The Bertz CT molecular complexity index is 703. The fourth-order valence-corrected chi connectivity index (χ4v) is 2.02. The van der Waals surface area contributed by atoms with Gasteiger partial charge in [0, 0.05) is 13.6 Å². The maximum Gasteiger partial charge on any atom is 0.264 e. The number of hydrogen-bond acceptors (Lipinski definition) is 5. The second kappa shape index (κ2) is 6.99. The van der Waals surface area contributed by atoms with Crippen LogP contribution in [0.15, 0.2) is 24.5 Å². The summed E-state index contributed by atoms with van der Waals surface area (Å²) in [7, 11) is 4.25. The molecule has 0 spiro atoms. The van der Waals surface area contributed by atoms with Crippen molar-refractivity contribution in [3.8, 4) is 11.8 Å².